The highest BCUT2D eigenvalue weighted by atomic mass is 16.5. The summed E-state index contributed by atoms with van der Waals surface area (Å²) in [5, 5.41) is 14.0. The smallest absolute Gasteiger partial charge is 0.282 e. The molecule has 28 heavy (non-hydrogen) atoms. The number of ether oxygens (including phenoxy) is 2. The predicted octanol–water partition coefficient (Wildman–Crippen LogP) is 3.01. The van der Waals surface area contributed by atoms with E-state index >= 15 is 0 Å². The van der Waals surface area contributed by atoms with Gasteiger partial charge in [0.1, 0.15) is 12.1 Å². The zero-order valence-electron chi connectivity index (χ0n) is 16.9. The Labute approximate surface area is 166 Å². The number of nitrogens with two attached hydrogens (primary N) is 1. The minimum atomic E-state index is -0.330. The van der Waals surface area contributed by atoms with Gasteiger partial charge < -0.3 is 20.1 Å². The van der Waals surface area contributed by atoms with Crippen LogP contribution in [0.4, 0.5) is 5.69 Å². The van der Waals surface area contributed by atoms with Gasteiger partial charge in [-0.05, 0) is 58.0 Å². The average molecular weight is 382 g/mol. The number of hydrogen-bond donors (Lipinski definition) is 2. The molecule has 0 aliphatic heterocycles. The minimum absolute atomic E-state index is 0.0434. The Morgan fingerprint density at radius 1 is 1.11 bits per heavy atom. The summed E-state index contributed by atoms with van der Waals surface area (Å²) in [5.74, 6) is 1.28. The summed E-state index contributed by atoms with van der Waals surface area (Å²) in [7, 11) is 0. The number of rotatable bonds is 9. The van der Waals surface area contributed by atoms with Crippen molar-refractivity contribution in [2.75, 3.05) is 18.5 Å². The van der Waals surface area contributed by atoms with Crippen LogP contribution in [0.3, 0.4) is 0 Å². The molecular weight excluding hydrogens is 354 g/mol. The summed E-state index contributed by atoms with van der Waals surface area (Å²) in [6.07, 6.45) is 0. The molecule has 0 heterocycles. The van der Waals surface area contributed by atoms with E-state index in [1.807, 2.05) is 51.2 Å². The van der Waals surface area contributed by atoms with Crippen molar-refractivity contribution < 1.29 is 19.6 Å². The Morgan fingerprint density at radius 2 is 1.79 bits per heavy atom. The molecule has 0 aliphatic carbocycles. The van der Waals surface area contributed by atoms with E-state index in [1.54, 1.807) is 24.3 Å². The number of nitrogens with one attached hydrogen (secondary N) is 1. The van der Waals surface area contributed by atoms with Crippen molar-refractivity contribution in [3.63, 3.8) is 0 Å². The summed E-state index contributed by atoms with van der Waals surface area (Å²) in [4.78, 5) is 12.6. The van der Waals surface area contributed by atoms with Crippen LogP contribution < -0.4 is 20.1 Å². The number of hydrogen-bond acceptors (Lipinski definition) is 4. The molecule has 1 amide bonds. The van der Waals surface area contributed by atoms with Crippen LogP contribution in [0.2, 0.25) is 0 Å². The lowest BCUT2D eigenvalue weighted by molar-refractivity contribution is -0.709. The van der Waals surface area contributed by atoms with Crippen LogP contribution in [0.5, 0.6) is 11.5 Å². The van der Waals surface area contributed by atoms with Crippen LogP contribution in [0.25, 0.3) is 0 Å². The van der Waals surface area contributed by atoms with E-state index < -0.39 is 0 Å². The Balaban J connectivity index is 2.06. The first-order valence-electron chi connectivity index (χ1n) is 9.54. The van der Waals surface area contributed by atoms with Gasteiger partial charge in [0.05, 0.1) is 24.5 Å². The van der Waals surface area contributed by atoms with Crippen LogP contribution >= 0.6 is 0 Å². The predicted molar refractivity (Wildman–Crippen MR) is 108 cm³/mol. The first kappa shape index (κ1) is 21.3. The average Bonchev–Trinajstić information content (AvgIpc) is 2.69. The number of nitriles is 1. The molecule has 6 heteroatoms. The highest BCUT2D eigenvalue weighted by Gasteiger charge is 2.22. The molecule has 0 saturated heterocycles. The maximum absolute atomic E-state index is 12.6. The molecule has 0 bridgehead atoms. The Morgan fingerprint density at radius 3 is 2.46 bits per heavy atom. The summed E-state index contributed by atoms with van der Waals surface area (Å²) in [6.45, 7) is 8.88. The van der Waals surface area contributed by atoms with Gasteiger partial charge in [-0.15, -0.1) is 0 Å². The molecule has 2 rings (SSSR count). The number of carbonyl (C=O) groups is 1. The van der Waals surface area contributed by atoms with Gasteiger partial charge in [-0.1, -0.05) is 12.1 Å². The molecule has 6 nitrogen and oxygen atoms in total. The van der Waals surface area contributed by atoms with Crippen LogP contribution in [-0.4, -0.2) is 25.2 Å². The number of nitrogens with zero attached hydrogens (tertiary/aromatic N) is 1. The van der Waals surface area contributed by atoms with Gasteiger partial charge in [-0.3, -0.25) is 4.79 Å². The molecule has 0 aliphatic rings. The van der Waals surface area contributed by atoms with E-state index in [0.29, 0.717) is 30.2 Å². The fourth-order valence-electron chi connectivity index (χ4n) is 2.92. The monoisotopic (exact) mass is 382 g/mol. The third-order valence-electron chi connectivity index (χ3n) is 4.39. The highest BCUT2D eigenvalue weighted by molar-refractivity contribution is 5.94. The number of amides is 1. The first-order chi connectivity index (χ1) is 13.5. The molecule has 2 atom stereocenters. The Bertz CT molecular complexity index is 845. The van der Waals surface area contributed by atoms with E-state index in [2.05, 4.69) is 11.4 Å². The molecule has 0 aromatic heterocycles. The summed E-state index contributed by atoms with van der Waals surface area (Å²) in [6, 6.07) is 14.6. The fraction of sp³-hybridized carbons (Fsp3) is 0.364. The second kappa shape index (κ2) is 10.3. The number of para-hydroxylation sites is 1. The molecule has 0 radical (unpaired) electrons. The minimum Gasteiger partial charge on any atom is -0.490 e. The van der Waals surface area contributed by atoms with Crippen molar-refractivity contribution >= 4 is 11.6 Å². The fourth-order valence-corrected chi connectivity index (χ4v) is 2.92. The van der Waals surface area contributed by atoms with E-state index in [0.717, 1.165) is 11.3 Å². The topological polar surface area (TPSA) is 88.0 Å². The molecular formula is C22H28N3O3+. The highest BCUT2D eigenvalue weighted by Crippen LogP contribution is 2.30. The number of carbonyl (C=O) groups excluding carboxylic acids is 1. The van der Waals surface area contributed by atoms with Gasteiger partial charge >= 0.3 is 0 Å². The second-order valence-electron chi connectivity index (χ2n) is 6.49. The molecule has 0 fully saturated rings. The van der Waals surface area contributed by atoms with E-state index in [-0.39, 0.29) is 18.0 Å². The quantitative estimate of drug-likeness (QED) is 0.698. The van der Waals surface area contributed by atoms with Gasteiger partial charge in [-0.2, -0.15) is 5.26 Å². The zero-order valence-corrected chi connectivity index (χ0v) is 16.9. The van der Waals surface area contributed by atoms with E-state index in [4.69, 9.17) is 14.7 Å². The Hall–Kier alpha value is -3.04. The van der Waals surface area contributed by atoms with Gasteiger partial charge in [0, 0.05) is 5.56 Å². The third kappa shape index (κ3) is 5.48. The van der Waals surface area contributed by atoms with Crippen molar-refractivity contribution in [2.24, 2.45) is 0 Å². The maximum Gasteiger partial charge on any atom is 0.282 e. The van der Waals surface area contributed by atoms with Gasteiger partial charge in [0.15, 0.2) is 17.5 Å². The van der Waals surface area contributed by atoms with Gasteiger partial charge in [-0.25, -0.2) is 0 Å². The number of benzene rings is 2. The van der Waals surface area contributed by atoms with Crippen molar-refractivity contribution in [1.82, 2.24) is 0 Å². The third-order valence-corrected chi connectivity index (χ3v) is 4.39. The summed E-state index contributed by atoms with van der Waals surface area (Å²) in [5.41, 5.74) is 2.02. The van der Waals surface area contributed by atoms with Gasteiger partial charge in [0.2, 0.25) is 0 Å². The largest absolute Gasteiger partial charge is 0.490 e. The molecule has 0 spiro atoms. The normalized spacial score (nSPS) is 12.5. The van der Waals surface area contributed by atoms with Crippen molar-refractivity contribution in [1.29, 1.82) is 5.26 Å². The zero-order chi connectivity index (χ0) is 20.5. The molecule has 0 unspecified atom stereocenters. The maximum atomic E-state index is 12.6. The van der Waals surface area contributed by atoms with Crippen LogP contribution in [0.1, 0.15) is 44.9 Å². The SMILES string of the molecule is CCOc1ccc([C@H](C)[NH2+][C@H](C)C(=O)Nc2ccccc2C#N)cc1OCC. The van der Waals surface area contributed by atoms with Crippen molar-refractivity contribution in [3.05, 3.63) is 53.6 Å². The molecule has 3 N–H and O–H groups in total. The Kier molecular flexibility index (Phi) is 7.85. The van der Waals surface area contributed by atoms with Crippen LogP contribution in [-0.2, 0) is 4.79 Å². The lowest BCUT2D eigenvalue weighted by Crippen LogP contribution is -2.91. The van der Waals surface area contributed by atoms with Gasteiger partial charge in [0.25, 0.3) is 5.91 Å². The number of quaternary nitrogens is 1. The standard InChI is InChI=1S/C22H27N3O3/c1-5-27-20-12-11-17(13-21(20)28-6-2)15(3)24-16(4)22(26)25-19-10-8-7-9-18(19)14-23/h7-13,15-16,24H,5-6H2,1-4H3,(H,25,26)/p+1/t15-,16+/m0/s1. The van der Waals surface area contributed by atoms with Crippen molar-refractivity contribution in [2.45, 2.75) is 39.8 Å². The lowest BCUT2D eigenvalue weighted by atomic mass is 10.1. The number of anilines is 1. The molecule has 0 saturated carbocycles. The molecule has 2 aromatic carbocycles. The van der Waals surface area contributed by atoms with Crippen LogP contribution in [0.15, 0.2) is 42.5 Å². The second-order valence-corrected chi connectivity index (χ2v) is 6.49. The summed E-state index contributed by atoms with van der Waals surface area (Å²) >= 11 is 0. The lowest BCUT2D eigenvalue weighted by Gasteiger charge is -2.19. The van der Waals surface area contributed by atoms with Crippen molar-refractivity contribution in [3.8, 4) is 17.6 Å². The summed E-state index contributed by atoms with van der Waals surface area (Å²) < 4.78 is 11.3. The molecule has 148 valence electrons. The van der Waals surface area contributed by atoms with E-state index in [1.165, 1.54) is 0 Å². The van der Waals surface area contributed by atoms with E-state index in [9.17, 15) is 4.79 Å². The molecule has 2 aromatic rings. The first-order valence-corrected chi connectivity index (χ1v) is 9.54. The van der Waals surface area contributed by atoms with Crippen LogP contribution in [0, 0.1) is 11.3 Å².